The van der Waals surface area contributed by atoms with Crippen molar-refractivity contribution < 1.29 is 64.6 Å². The van der Waals surface area contributed by atoms with Gasteiger partial charge in [0.05, 0.1) is 37.4 Å². The van der Waals surface area contributed by atoms with Crippen molar-refractivity contribution in [3.8, 4) is 0 Å². The minimum atomic E-state index is -1.97. The lowest BCUT2D eigenvalue weighted by atomic mass is 9.83. The van der Waals surface area contributed by atoms with Gasteiger partial charge < -0.3 is 99.1 Å². The van der Waals surface area contributed by atoms with E-state index in [-0.39, 0.29) is 38.5 Å². The van der Waals surface area contributed by atoms with Crippen molar-refractivity contribution in [3.63, 3.8) is 0 Å². The fourth-order valence-corrected chi connectivity index (χ4v) is 5.95. The zero-order valence-electron chi connectivity index (χ0n) is 24.9. The molecule has 4 rings (SSSR count). The predicted molar refractivity (Wildman–Crippen MR) is 154 cm³/mol. The maximum absolute atomic E-state index is 13.2. The molecular weight excluding hydrogens is 620 g/mol. The zero-order valence-corrected chi connectivity index (χ0v) is 24.9. The molecule has 2 aliphatic carbocycles. The molecule has 266 valence electrons. The van der Waals surface area contributed by atoms with E-state index in [0.29, 0.717) is 0 Å². The number of aliphatic hydroxyl groups is 8. The second kappa shape index (κ2) is 15.1. The Bertz CT molecular complexity index is 1060. The molecule has 0 aromatic carbocycles. The summed E-state index contributed by atoms with van der Waals surface area (Å²) < 4.78 is 23.2. The number of nitrogens with two attached hydrogens (primary N) is 5. The Morgan fingerprint density at radius 2 is 1.52 bits per heavy atom. The third-order valence-corrected chi connectivity index (χ3v) is 8.83. The van der Waals surface area contributed by atoms with Crippen LogP contribution in [0.1, 0.15) is 12.8 Å². The van der Waals surface area contributed by atoms with Gasteiger partial charge in [-0.05, 0) is 6.42 Å². The summed E-state index contributed by atoms with van der Waals surface area (Å²) in [6.45, 7) is -0.706. The monoisotopic (exact) mass is 668 g/mol. The number of ether oxygens (including phenoxy) is 4. The van der Waals surface area contributed by atoms with Crippen LogP contribution in [0.15, 0.2) is 4.99 Å². The quantitative estimate of drug-likeness (QED) is 0.0521. The molecule has 46 heavy (non-hydrogen) atoms. The molecule has 20 N–H and O–H groups in total. The second-order valence-electron chi connectivity index (χ2n) is 12.2. The van der Waals surface area contributed by atoms with Gasteiger partial charge in [-0.15, -0.1) is 0 Å². The van der Waals surface area contributed by atoms with Crippen LogP contribution in [0.25, 0.3) is 0 Å². The van der Waals surface area contributed by atoms with Crippen LogP contribution in [0.5, 0.6) is 0 Å². The topological polar surface area (TPSA) is 382 Å². The number of rotatable bonds is 12. The first-order valence-electron chi connectivity index (χ1n) is 15.0. The van der Waals surface area contributed by atoms with Crippen molar-refractivity contribution in [1.82, 2.24) is 10.6 Å². The molecule has 21 nitrogen and oxygen atoms in total. The van der Waals surface area contributed by atoms with Gasteiger partial charge in [0.1, 0.15) is 54.9 Å². The number of amides is 1. The maximum atomic E-state index is 13.2. The summed E-state index contributed by atoms with van der Waals surface area (Å²) in [4.78, 5) is 17.0. The van der Waals surface area contributed by atoms with E-state index < -0.39 is 116 Å². The van der Waals surface area contributed by atoms with Crippen molar-refractivity contribution >= 4 is 11.9 Å². The van der Waals surface area contributed by atoms with Crippen LogP contribution < -0.4 is 39.3 Å². The van der Waals surface area contributed by atoms with E-state index in [1.165, 1.54) is 0 Å². The third-order valence-electron chi connectivity index (χ3n) is 8.83. The summed E-state index contributed by atoms with van der Waals surface area (Å²) in [6.07, 6.45) is -16.2. The molecule has 21 heteroatoms. The van der Waals surface area contributed by atoms with Crippen LogP contribution in [-0.4, -0.2) is 182 Å². The summed E-state index contributed by atoms with van der Waals surface area (Å²) >= 11 is 0. The van der Waals surface area contributed by atoms with Crippen molar-refractivity contribution in [2.45, 2.75) is 116 Å². The first kappa shape index (κ1) is 36.9. The Morgan fingerprint density at radius 1 is 0.870 bits per heavy atom. The van der Waals surface area contributed by atoms with E-state index >= 15 is 0 Å². The summed E-state index contributed by atoms with van der Waals surface area (Å²) in [5.41, 5.74) is 27.2. The highest BCUT2D eigenvalue weighted by molar-refractivity contribution is 5.90. The maximum Gasteiger partial charge on any atom is 0.254 e. The lowest BCUT2D eigenvalue weighted by Crippen LogP contribution is -2.70. The van der Waals surface area contributed by atoms with Crippen LogP contribution in [0.3, 0.4) is 0 Å². The highest BCUT2D eigenvalue weighted by Crippen LogP contribution is 2.40. The number of nitrogens with zero attached hydrogens (tertiary/aromatic N) is 1. The van der Waals surface area contributed by atoms with E-state index in [4.69, 9.17) is 52.7 Å². The number of aliphatic imine (C=N–C) groups is 1. The Kier molecular flexibility index (Phi) is 12.1. The van der Waals surface area contributed by atoms with E-state index in [0.717, 1.165) is 0 Å². The van der Waals surface area contributed by atoms with Crippen molar-refractivity contribution in [3.05, 3.63) is 0 Å². The van der Waals surface area contributed by atoms with Crippen molar-refractivity contribution in [1.29, 1.82) is 0 Å². The van der Waals surface area contributed by atoms with Gasteiger partial charge in [0.2, 0.25) is 0 Å². The lowest BCUT2D eigenvalue weighted by Gasteiger charge is -2.49. The van der Waals surface area contributed by atoms with Gasteiger partial charge in [0.25, 0.3) is 5.91 Å². The van der Waals surface area contributed by atoms with Crippen LogP contribution in [0.4, 0.5) is 0 Å². The van der Waals surface area contributed by atoms with Gasteiger partial charge >= 0.3 is 0 Å². The number of aliphatic hydroxyl groups excluding tert-OH is 7. The molecule has 1 amide bonds. The van der Waals surface area contributed by atoms with E-state index in [2.05, 4.69) is 15.6 Å². The average molecular weight is 669 g/mol. The Morgan fingerprint density at radius 3 is 2.15 bits per heavy atom. The molecule has 4 aliphatic rings. The standard InChI is InChI=1S/C25H48N8O13/c26-7-3-8(32-23(41)25(42)4-11(25)33-24(29)30)20(46-22-17(39)12(27)14(36)10(6-35)44-22)18(40)19(7)45-21-13(28)16(38)15(37)9(43-21)5-31-1-2-34/h7-22,31,34-40,42H,1-6,26-28H2,(H,32,41)(H4,29,30,33)/t7-,8+,9+,10+,11?,12-,13+,14+,15+,16+,17+,18-,19+,20-,21+,22+,25?/m0/s1. The van der Waals surface area contributed by atoms with Crippen LogP contribution in [-0.2, 0) is 23.7 Å². The van der Waals surface area contributed by atoms with Crippen molar-refractivity contribution in [2.75, 3.05) is 26.3 Å². The normalized spacial score (nSPS) is 47.6. The molecule has 0 aromatic rings. The summed E-state index contributed by atoms with van der Waals surface area (Å²) in [5, 5.41) is 88.5. The van der Waals surface area contributed by atoms with Gasteiger partial charge in [0, 0.05) is 25.6 Å². The first-order valence-corrected chi connectivity index (χ1v) is 15.0. The summed E-state index contributed by atoms with van der Waals surface area (Å²) in [6, 6.07) is -5.76. The van der Waals surface area contributed by atoms with Crippen LogP contribution in [0.2, 0.25) is 0 Å². The second-order valence-corrected chi connectivity index (χ2v) is 12.2. The Labute approximate surface area is 263 Å². The fourth-order valence-electron chi connectivity index (χ4n) is 5.95. The van der Waals surface area contributed by atoms with E-state index in [1.54, 1.807) is 0 Å². The summed E-state index contributed by atoms with van der Waals surface area (Å²) in [7, 11) is 0. The zero-order chi connectivity index (χ0) is 34.1. The van der Waals surface area contributed by atoms with E-state index in [9.17, 15) is 40.5 Å². The largest absolute Gasteiger partial charge is 0.395 e. The molecule has 2 saturated carbocycles. The average Bonchev–Trinajstić information content (AvgIpc) is 3.66. The number of nitrogens with one attached hydrogen (secondary N) is 2. The summed E-state index contributed by atoms with van der Waals surface area (Å²) in [5.74, 6) is -1.24. The number of guanidine groups is 1. The molecule has 2 unspecified atom stereocenters. The predicted octanol–water partition coefficient (Wildman–Crippen LogP) is -9.77. The molecule has 2 saturated heterocycles. The molecular formula is C25H48N8O13. The Balaban J connectivity index is 1.56. The number of carbonyl (C=O) groups is 1. The van der Waals surface area contributed by atoms with Gasteiger partial charge in [-0.1, -0.05) is 0 Å². The minimum absolute atomic E-state index is 0.00325. The SMILES string of the molecule is NC(N)=NC1CC1(O)C(=O)N[C@@H]1C[C@H](N)[C@@H](O[C@H]2O[C@H](CNCCO)[C@@H](O)[C@H](O)[C@H]2N)[C@H](O)[C@H]1O[C@H]1O[C@H](CO)[C@@H](O)[C@H](N)[C@H]1O. The molecule has 4 fully saturated rings. The highest BCUT2D eigenvalue weighted by Gasteiger charge is 2.61. The van der Waals surface area contributed by atoms with Gasteiger partial charge in [-0.2, -0.15) is 0 Å². The third kappa shape index (κ3) is 7.70. The number of carbonyl (C=O) groups excluding carboxylic acids is 1. The first-order chi connectivity index (χ1) is 21.6. The molecule has 2 aliphatic heterocycles. The van der Waals surface area contributed by atoms with Gasteiger partial charge in [-0.25, -0.2) is 4.99 Å². The highest BCUT2D eigenvalue weighted by atomic mass is 16.7. The molecule has 0 aromatic heterocycles. The number of hydrogen-bond donors (Lipinski definition) is 15. The fraction of sp³-hybridized carbons (Fsp3) is 0.920. The van der Waals surface area contributed by atoms with Crippen LogP contribution >= 0.6 is 0 Å². The van der Waals surface area contributed by atoms with Crippen molar-refractivity contribution in [2.24, 2.45) is 33.7 Å². The molecule has 0 spiro atoms. The lowest BCUT2D eigenvalue weighted by molar-refractivity contribution is -0.320. The van der Waals surface area contributed by atoms with Gasteiger partial charge in [-0.3, -0.25) is 4.79 Å². The van der Waals surface area contributed by atoms with Gasteiger partial charge in [0.15, 0.2) is 24.1 Å². The molecule has 2 heterocycles. The van der Waals surface area contributed by atoms with E-state index in [1.807, 2.05) is 0 Å². The Hall–Kier alpha value is -1.90. The number of hydrogen-bond acceptors (Lipinski definition) is 18. The van der Waals surface area contributed by atoms with Crippen LogP contribution in [0, 0.1) is 0 Å². The molecule has 0 radical (unpaired) electrons. The molecule has 0 bridgehead atoms. The smallest absolute Gasteiger partial charge is 0.254 e. The molecule has 17 atom stereocenters. The minimum Gasteiger partial charge on any atom is -0.395 e.